The molecule has 0 saturated carbocycles. The van der Waals surface area contributed by atoms with Crippen molar-refractivity contribution in [1.82, 2.24) is 25.2 Å². The number of pyridine rings is 1. The number of hydrazine groups is 1. The minimum absolute atomic E-state index is 0.0590. The van der Waals surface area contributed by atoms with Gasteiger partial charge in [0.1, 0.15) is 12.2 Å². The number of aryl methyl sites for hydroxylation is 1. The zero-order valence-corrected chi connectivity index (χ0v) is 13.0. The second kappa shape index (κ2) is 7.28. The summed E-state index contributed by atoms with van der Waals surface area (Å²) in [6.07, 6.45) is 5.01. The summed E-state index contributed by atoms with van der Waals surface area (Å²) in [5.41, 5.74) is 5.06. The van der Waals surface area contributed by atoms with Crippen LogP contribution < -0.4 is 11.3 Å². The van der Waals surface area contributed by atoms with Crippen LogP contribution in [0.2, 0.25) is 0 Å². The maximum atomic E-state index is 5.75. The van der Waals surface area contributed by atoms with E-state index in [-0.39, 0.29) is 6.04 Å². The van der Waals surface area contributed by atoms with Gasteiger partial charge in [0.25, 0.3) is 0 Å². The Bertz CT molecular complexity index is 563. The van der Waals surface area contributed by atoms with Crippen LogP contribution in [0.1, 0.15) is 43.9 Å². The van der Waals surface area contributed by atoms with E-state index in [2.05, 4.69) is 47.3 Å². The molecule has 3 N–H and O–H groups in total. The van der Waals surface area contributed by atoms with Crippen molar-refractivity contribution in [2.24, 2.45) is 11.8 Å². The zero-order valence-electron chi connectivity index (χ0n) is 13.0. The predicted molar refractivity (Wildman–Crippen MR) is 82.2 cm³/mol. The molecule has 0 radical (unpaired) electrons. The standard InChI is InChI=1S/C15H24N6/c1-4-12-6-5-7-17-15(12)13(20-16)8-14-18-10-19-21(14)9-11(2)3/h5-7,10-11,13,20H,4,8-9,16H2,1-3H3. The van der Waals surface area contributed by atoms with E-state index < -0.39 is 0 Å². The Balaban J connectivity index is 2.21. The van der Waals surface area contributed by atoms with E-state index >= 15 is 0 Å². The molecule has 2 heterocycles. The van der Waals surface area contributed by atoms with Crippen LogP contribution in [0, 0.1) is 5.92 Å². The summed E-state index contributed by atoms with van der Waals surface area (Å²) in [5, 5.41) is 4.30. The molecule has 21 heavy (non-hydrogen) atoms. The topological polar surface area (TPSA) is 81.7 Å². The highest BCUT2D eigenvalue weighted by Crippen LogP contribution is 2.19. The number of nitrogens with two attached hydrogens (primary N) is 1. The Kier molecular flexibility index (Phi) is 5.41. The molecule has 1 unspecified atom stereocenters. The molecule has 6 nitrogen and oxygen atoms in total. The molecule has 0 spiro atoms. The summed E-state index contributed by atoms with van der Waals surface area (Å²) >= 11 is 0. The van der Waals surface area contributed by atoms with Gasteiger partial charge in [0.05, 0.1) is 11.7 Å². The van der Waals surface area contributed by atoms with Crippen LogP contribution in [-0.2, 0) is 19.4 Å². The molecular weight excluding hydrogens is 264 g/mol. The van der Waals surface area contributed by atoms with Crippen molar-refractivity contribution in [1.29, 1.82) is 0 Å². The molecule has 0 bridgehead atoms. The number of hydrogen-bond acceptors (Lipinski definition) is 5. The third-order valence-corrected chi connectivity index (χ3v) is 3.46. The van der Waals surface area contributed by atoms with Gasteiger partial charge in [-0.15, -0.1) is 0 Å². The highest BCUT2D eigenvalue weighted by Gasteiger charge is 2.18. The first-order chi connectivity index (χ1) is 10.2. The highest BCUT2D eigenvalue weighted by atomic mass is 15.3. The number of rotatable bonds is 7. The molecule has 114 valence electrons. The lowest BCUT2D eigenvalue weighted by atomic mass is 10.0. The number of nitrogens with one attached hydrogen (secondary N) is 1. The van der Waals surface area contributed by atoms with Crippen LogP contribution in [0.5, 0.6) is 0 Å². The van der Waals surface area contributed by atoms with E-state index in [0.717, 1.165) is 24.5 Å². The smallest absolute Gasteiger partial charge is 0.138 e. The van der Waals surface area contributed by atoms with Crippen molar-refractivity contribution >= 4 is 0 Å². The van der Waals surface area contributed by atoms with Gasteiger partial charge in [0.2, 0.25) is 0 Å². The fourth-order valence-electron chi connectivity index (χ4n) is 2.43. The summed E-state index contributed by atoms with van der Waals surface area (Å²) in [7, 11) is 0. The van der Waals surface area contributed by atoms with Gasteiger partial charge in [-0.3, -0.25) is 16.3 Å². The number of hydrogen-bond donors (Lipinski definition) is 2. The van der Waals surface area contributed by atoms with Crippen LogP contribution in [-0.4, -0.2) is 19.7 Å². The summed E-state index contributed by atoms with van der Waals surface area (Å²) in [4.78, 5) is 8.86. The zero-order chi connectivity index (χ0) is 15.2. The lowest BCUT2D eigenvalue weighted by Crippen LogP contribution is -2.32. The Morgan fingerprint density at radius 2 is 2.14 bits per heavy atom. The van der Waals surface area contributed by atoms with E-state index in [0.29, 0.717) is 12.3 Å². The molecule has 0 aliphatic heterocycles. The monoisotopic (exact) mass is 288 g/mol. The van der Waals surface area contributed by atoms with Crippen molar-refractivity contribution in [2.45, 2.75) is 46.2 Å². The predicted octanol–water partition coefficient (Wildman–Crippen LogP) is 1.64. The summed E-state index contributed by atoms with van der Waals surface area (Å²) in [5.74, 6) is 7.20. The molecule has 2 aromatic rings. The Morgan fingerprint density at radius 1 is 1.33 bits per heavy atom. The first kappa shape index (κ1) is 15.6. The van der Waals surface area contributed by atoms with E-state index in [1.807, 2.05) is 10.7 Å². The lowest BCUT2D eigenvalue weighted by molar-refractivity contribution is 0.443. The van der Waals surface area contributed by atoms with Crippen molar-refractivity contribution in [3.05, 3.63) is 41.7 Å². The average molecular weight is 288 g/mol. The minimum atomic E-state index is -0.0590. The minimum Gasteiger partial charge on any atom is -0.271 e. The van der Waals surface area contributed by atoms with Gasteiger partial charge in [-0.25, -0.2) is 9.67 Å². The summed E-state index contributed by atoms with van der Waals surface area (Å²) in [6, 6.07) is 3.99. The molecule has 1 atom stereocenters. The van der Waals surface area contributed by atoms with Gasteiger partial charge >= 0.3 is 0 Å². The Hall–Kier alpha value is -1.79. The maximum Gasteiger partial charge on any atom is 0.138 e. The lowest BCUT2D eigenvalue weighted by Gasteiger charge is -2.18. The van der Waals surface area contributed by atoms with Crippen LogP contribution in [0.15, 0.2) is 24.7 Å². The Morgan fingerprint density at radius 3 is 2.81 bits per heavy atom. The second-order valence-electron chi connectivity index (χ2n) is 5.58. The second-order valence-corrected chi connectivity index (χ2v) is 5.58. The first-order valence-electron chi connectivity index (χ1n) is 7.42. The molecule has 0 aliphatic rings. The van der Waals surface area contributed by atoms with Gasteiger partial charge < -0.3 is 0 Å². The molecule has 0 saturated heterocycles. The molecule has 2 rings (SSSR count). The van der Waals surface area contributed by atoms with Crippen LogP contribution in [0.25, 0.3) is 0 Å². The van der Waals surface area contributed by atoms with Crippen molar-refractivity contribution in [3.8, 4) is 0 Å². The van der Waals surface area contributed by atoms with Crippen LogP contribution >= 0.6 is 0 Å². The van der Waals surface area contributed by atoms with Gasteiger partial charge in [-0.2, -0.15) is 5.10 Å². The van der Waals surface area contributed by atoms with E-state index in [1.165, 1.54) is 5.56 Å². The first-order valence-corrected chi connectivity index (χ1v) is 7.42. The molecule has 0 fully saturated rings. The van der Waals surface area contributed by atoms with Gasteiger partial charge in [0.15, 0.2) is 0 Å². The average Bonchev–Trinajstić information content (AvgIpc) is 2.91. The van der Waals surface area contributed by atoms with Crippen molar-refractivity contribution < 1.29 is 0 Å². The summed E-state index contributed by atoms with van der Waals surface area (Å²) in [6.45, 7) is 7.31. The molecule has 0 aliphatic carbocycles. The van der Waals surface area contributed by atoms with Crippen LogP contribution in [0.3, 0.4) is 0 Å². The van der Waals surface area contributed by atoms with Crippen molar-refractivity contribution in [2.75, 3.05) is 0 Å². The quantitative estimate of drug-likeness (QED) is 0.598. The van der Waals surface area contributed by atoms with E-state index in [1.54, 1.807) is 12.5 Å². The largest absolute Gasteiger partial charge is 0.271 e. The third kappa shape index (κ3) is 3.86. The SMILES string of the molecule is CCc1cccnc1C(Cc1ncnn1CC(C)C)NN. The molecular formula is C15H24N6. The van der Waals surface area contributed by atoms with Gasteiger partial charge in [0, 0.05) is 19.2 Å². The maximum absolute atomic E-state index is 5.75. The summed E-state index contributed by atoms with van der Waals surface area (Å²) < 4.78 is 1.95. The fraction of sp³-hybridized carbons (Fsp3) is 0.533. The van der Waals surface area contributed by atoms with E-state index in [9.17, 15) is 0 Å². The van der Waals surface area contributed by atoms with Gasteiger partial charge in [-0.05, 0) is 24.0 Å². The number of nitrogens with zero attached hydrogens (tertiary/aromatic N) is 4. The molecule has 0 aromatic carbocycles. The van der Waals surface area contributed by atoms with E-state index in [4.69, 9.17) is 5.84 Å². The normalized spacial score (nSPS) is 12.8. The molecule has 0 amide bonds. The third-order valence-electron chi connectivity index (χ3n) is 3.46. The van der Waals surface area contributed by atoms with Crippen LogP contribution in [0.4, 0.5) is 0 Å². The fourth-order valence-corrected chi connectivity index (χ4v) is 2.43. The highest BCUT2D eigenvalue weighted by molar-refractivity contribution is 5.23. The van der Waals surface area contributed by atoms with Crippen molar-refractivity contribution in [3.63, 3.8) is 0 Å². The Labute approximate surface area is 125 Å². The number of aromatic nitrogens is 4. The molecule has 6 heteroatoms. The molecule has 2 aromatic heterocycles. The van der Waals surface area contributed by atoms with Gasteiger partial charge in [-0.1, -0.05) is 26.8 Å².